The van der Waals surface area contributed by atoms with E-state index >= 15 is 0 Å². The van der Waals surface area contributed by atoms with Gasteiger partial charge in [-0.15, -0.1) is 0 Å². The van der Waals surface area contributed by atoms with Crippen LogP contribution in [0.15, 0.2) is 48.6 Å². The van der Waals surface area contributed by atoms with Crippen molar-refractivity contribution in [1.29, 1.82) is 0 Å². The molecule has 5 atom stereocenters. The number of fused-ring (bicyclic) bond motifs is 2. The molecule has 5 nitrogen and oxygen atoms in total. The molecule has 1 aromatic rings. The fraction of sp³-hybridized carbons (Fsp3) is 0.522. The minimum absolute atomic E-state index is 0.217. The van der Waals surface area contributed by atoms with E-state index in [2.05, 4.69) is 40.8 Å². The Morgan fingerprint density at radius 1 is 1.24 bits per heavy atom. The van der Waals surface area contributed by atoms with E-state index < -0.39 is 12.1 Å². The molecule has 0 aromatic heterocycles. The zero-order valence-electron chi connectivity index (χ0n) is 16.5. The van der Waals surface area contributed by atoms with Crippen LogP contribution in [0.5, 0.6) is 5.75 Å². The fourth-order valence-electron chi connectivity index (χ4n) is 4.15. The highest BCUT2D eigenvalue weighted by Gasteiger charge is 2.46. The molecule has 0 spiro atoms. The highest BCUT2D eigenvalue weighted by molar-refractivity contribution is 14.1. The first-order valence-corrected chi connectivity index (χ1v) is 11.4. The highest BCUT2D eigenvalue weighted by Crippen LogP contribution is 2.45. The van der Waals surface area contributed by atoms with E-state index in [1.54, 1.807) is 0 Å². The summed E-state index contributed by atoms with van der Waals surface area (Å²) < 4.78 is 12.9. The number of carboxylic acids is 1. The fourth-order valence-corrected chi connectivity index (χ4v) is 4.51. The van der Waals surface area contributed by atoms with Gasteiger partial charge in [-0.3, -0.25) is 4.79 Å². The second-order valence-corrected chi connectivity index (χ2v) is 8.99. The van der Waals surface area contributed by atoms with Gasteiger partial charge >= 0.3 is 5.97 Å². The third kappa shape index (κ3) is 6.83. The van der Waals surface area contributed by atoms with Crippen LogP contribution in [0.3, 0.4) is 0 Å². The minimum atomic E-state index is -0.741. The molecule has 2 saturated heterocycles. The molecule has 2 heterocycles. The van der Waals surface area contributed by atoms with Crippen molar-refractivity contribution in [2.45, 2.75) is 56.8 Å². The maximum absolute atomic E-state index is 10.6. The van der Waals surface area contributed by atoms with Gasteiger partial charge in [0.25, 0.3) is 0 Å². The molecule has 0 aliphatic carbocycles. The molecule has 2 aliphatic rings. The van der Waals surface area contributed by atoms with Crippen LogP contribution in [0, 0.1) is 15.4 Å². The van der Waals surface area contributed by atoms with Crippen molar-refractivity contribution in [3.8, 4) is 5.75 Å². The second kappa shape index (κ2) is 11.1. The number of hydrogen-bond donors (Lipinski definition) is 2. The molecular formula is C23H29IO5. The van der Waals surface area contributed by atoms with Crippen molar-refractivity contribution in [3.63, 3.8) is 0 Å². The van der Waals surface area contributed by atoms with Gasteiger partial charge in [0.1, 0.15) is 18.5 Å². The highest BCUT2D eigenvalue weighted by atomic mass is 127. The number of unbranched alkanes of at least 4 members (excludes halogenated alkanes) is 1. The maximum atomic E-state index is 10.6. The largest absolute Gasteiger partial charge is 0.491 e. The number of allylic oxidation sites excluding steroid dienone is 2. The average Bonchev–Trinajstić information content (AvgIpc) is 3.30. The molecule has 0 saturated carbocycles. The summed E-state index contributed by atoms with van der Waals surface area (Å²) in [6.07, 6.45) is 12.9. The van der Waals surface area contributed by atoms with E-state index in [0.29, 0.717) is 24.4 Å². The average molecular weight is 512 g/mol. The van der Waals surface area contributed by atoms with Crippen LogP contribution < -0.4 is 4.74 Å². The first-order valence-electron chi connectivity index (χ1n) is 10.3. The van der Waals surface area contributed by atoms with Gasteiger partial charge in [0, 0.05) is 15.9 Å². The van der Waals surface area contributed by atoms with Crippen LogP contribution >= 0.6 is 22.6 Å². The third-order valence-corrected chi connectivity index (χ3v) is 6.33. The maximum Gasteiger partial charge on any atom is 0.303 e. The van der Waals surface area contributed by atoms with Crippen molar-refractivity contribution in [2.24, 2.45) is 11.8 Å². The van der Waals surface area contributed by atoms with E-state index in [-0.39, 0.29) is 19.1 Å². The summed E-state index contributed by atoms with van der Waals surface area (Å²) >= 11 is 2.25. The number of hydrogen-bond acceptors (Lipinski definition) is 4. The zero-order valence-corrected chi connectivity index (χ0v) is 18.6. The lowest BCUT2D eigenvalue weighted by molar-refractivity contribution is -0.137. The molecule has 0 unspecified atom stereocenters. The van der Waals surface area contributed by atoms with Crippen molar-refractivity contribution >= 4 is 28.6 Å². The van der Waals surface area contributed by atoms with Crippen LogP contribution in [0.2, 0.25) is 0 Å². The Morgan fingerprint density at radius 3 is 2.76 bits per heavy atom. The smallest absolute Gasteiger partial charge is 0.303 e. The molecule has 2 fully saturated rings. The number of carboxylic acid groups (broad SMARTS) is 1. The minimum Gasteiger partial charge on any atom is -0.491 e. The summed E-state index contributed by atoms with van der Waals surface area (Å²) in [5.74, 6) is 0.747. The molecule has 0 radical (unpaired) electrons. The zero-order chi connectivity index (χ0) is 20.6. The number of aliphatic hydroxyl groups is 1. The quantitative estimate of drug-likeness (QED) is 0.258. The van der Waals surface area contributed by atoms with Gasteiger partial charge in [-0.25, -0.2) is 0 Å². The lowest BCUT2D eigenvalue weighted by Crippen LogP contribution is -2.26. The lowest BCUT2D eigenvalue weighted by atomic mass is 9.77. The molecule has 0 amide bonds. The Hall–Kier alpha value is -1.38. The third-order valence-electron chi connectivity index (χ3n) is 5.61. The van der Waals surface area contributed by atoms with Crippen LogP contribution in [0.25, 0.3) is 0 Å². The molecular weight excluding hydrogens is 483 g/mol. The Kier molecular flexibility index (Phi) is 8.56. The Morgan fingerprint density at radius 2 is 2.00 bits per heavy atom. The van der Waals surface area contributed by atoms with E-state index in [1.807, 2.05) is 30.3 Å². The summed E-state index contributed by atoms with van der Waals surface area (Å²) in [4.78, 5) is 10.6. The Bertz CT molecular complexity index is 714. The van der Waals surface area contributed by atoms with E-state index in [1.165, 1.54) is 0 Å². The molecule has 2 N–H and O–H groups in total. The van der Waals surface area contributed by atoms with E-state index in [9.17, 15) is 9.90 Å². The van der Waals surface area contributed by atoms with Crippen molar-refractivity contribution in [2.75, 3.05) is 6.61 Å². The van der Waals surface area contributed by atoms with Gasteiger partial charge in [-0.1, -0.05) is 24.3 Å². The van der Waals surface area contributed by atoms with Gasteiger partial charge in [0.05, 0.1) is 12.2 Å². The van der Waals surface area contributed by atoms with E-state index in [0.717, 1.165) is 35.0 Å². The summed E-state index contributed by atoms with van der Waals surface area (Å²) in [7, 11) is 0. The van der Waals surface area contributed by atoms with Crippen molar-refractivity contribution < 1.29 is 24.5 Å². The van der Waals surface area contributed by atoms with Gasteiger partial charge in [-0.2, -0.15) is 0 Å². The summed E-state index contributed by atoms with van der Waals surface area (Å²) in [5, 5.41) is 19.0. The second-order valence-electron chi connectivity index (χ2n) is 7.74. The Balaban J connectivity index is 1.46. The summed E-state index contributed by atoms with van der Waals surface area (Å²) in [6.45, 7) is 0.229. The molecule has 158 valence electrons. The number of rotatable bonds is 11. The summed E-state index contributed by atoms with van der Waals surface area (Å²) in [6, 6.07) is 7.76. The number of halogens is 1. The van der Waals surface area contributed by atoms with Crippen LogP contribution in [-0.4, -0.2) is 41.1 Å². The lowest BCUT2D eigenvalue weighted by Gasteiger charge is -2.25. The topological polar surface area (TPSA) is 76.0 Å². The van der Waals surface area contributed by atoms with Gasteiger partial charge in [0.15, 0.2) is 0 Å². The molecule has 3 rings (SSSR count). The SMILES string of the molecule is O=C(O)CCC/C=C\C[C@@H]1[C@@H](/C=C/[C@@H](O)COc2ccc(I)cc2)[C@@H]2CC[C@H]1O2. The normalized spacial score (nSPS) is 27.1. The summed E-state index contributed by atoms with van der Waals surface area (Å²) in [5.41, 5.74) is 0. The van der Waals surface area contributed by atoms with Gasteiger partial charge < -0.3 is 19.7 Å². The van der Waals surface area contributed by atoms with E-state index in [4.69, 9.17) is 14.6 Å². The van der Waals surface area contributed by atoms with Gasteiger partial charge in [0.2, 0.25) is 0 Å². The molecule has 1 aromatic carbocycles. The first-order chi connectivity index (χ1) is 14.0. The number of benzene rings is 1. The number of ether oxygens (including phenoxy) is 2. The van der Waals surface area contributed by atoms with Crippen molar-refractivity contribution in [3.05, 3.63) is 52.1 Å². The molecule has 29 heavy (non-hydrogen) atoms. The Labute approximate surface area is 185 Å². The first kappa shape index (κ1) is 22.3. The predicted octanol–water partition coefficient (Wildman–Crippen LogP) is 4.58. The van der Waals surface area contributed by atoms with Crippen LogP contribution in [0.4, 0.5) is 0 Å². The monoisotopic (exact) mass is 512 g/mol. The standard InChI is InChI=1S/C23H29IO5/c24-16-7-10-18(11-8-16)28-15-17(25)9-12-20-19(21-13-14-22(20)29-21)5-3-1-2-4-6-23(26)27/h1,3,7-12,17,19-22,25H,2,4-6,13-15H2,(H,26,27)/b3-1-,12-9+/t17-,19-,20-,21-,22+/m1/s1. The molecule has 6 heteroatoms. The van der Waals surface area contributed by atoms with Gasteiger partial charge in [-0.05, 0) is 84.9 Å². The number of aliphatic carboxylic acids is 1. The van der Waals surface area contributed by atoms with Crippen molar-refractivity contribution in [1.82, 2.24) is 0 Å². The molecule has 2 bridgehead atoms. The predicted molar refractivity (Wildman–Crippen MR) is 120 cm³/mol. The number of aliphatic hydroxyl groups excluding tert-OH is 1. The molecule has 2 aliphatic heterocycles. The van der Waals surface area contributed by atoms with Crippen LogP contribution in [0.1, 0.15) is 38.5 Å². The van der Waals surface area contributed by atoms with Crippen LogP contribution in [-0.2, 0) is 9.53 Å². The number of carbonyl (C=O) groups is 1.